The second kappa shape index (κ2) is 8.88. The molecule has 0 atom stereocenters. The standard InChI is InChI=1S/C24H15BrClNO4/c1-14-2-4-16(5-3-14)23(28)30-21-11-8-18(25)12-17(21)13-20-24(29)31-22(27-20)15-6-9-19(26)10-7-15/h2-13H,1H3/b20-13+. The van der Waals surface area contributed by atoms with Crippen LogP contribution in [0.2, 0.25) is 5.02 Å². The van der Waals surface area contributed by atoms with Crippen molar-refractivity contribution in [3.63, 3.8) is 0 Å². The van der Waals surface area contributed by atoms with Gasteiger partial charge in [-0.1, -0.05) is 45.2 Å². The quantitative estimate of drug-likeness (QED) is 0.253. The van der Waals surface area contributed by atoms with Crippen LogP contribution in [-0.2, 0) is 9.53 Å². The highest BCUT2D eigenvalue weighted by atomic mass is 79.9. The van der Waals surface area contributed by atoms with Gasteiger partial charge in [0.1, 0.15) is 5.75 Å². The van der Waals surface area contributed by atoms with E-state index < -0.39 is 11.9 Å². The van der Waals surface area contributed by atoms with Gasteiger partial charge in [-0.2, -0.15) is 0 Å². The van der Waals surface area contributed by atoms with Crippen molar-refractivity contribution in [3.05, 3.63) is 104 Å². The minimum absolute atomic E-state index is 0.0932. The highest BCUT2D eigenvalue weighted by Crippen LogP contribution is 2.28. The first-order valence-corrected chi connectivity index (χ1v) is 10.4. The van der Waals surface area contributed by atoms with Crippen molar-refractivity contribution in [1.29, 1.82) is 0 Å². The fourth-order valence-electron chi connectivity index (χ4n) is 2.85. The molecule has 1 aliphatic heterocycles. The van der Waals surface area contributed by atoms with Crippen molar-refractivity contribution in [2.45, 2.75) is 6.92 Å². The van der Waals surface area contributed by atoms with Crippen molar-refractivity contribution in [3.8, 4) is 5.75 Å². The number of carbonyl (C=O) groups excluding carboxylic acids is 2. The van der Waals surface area contributed by atoms with E-state index in [4.69, 9.17) is 21.1 Å². The summed E-state index contributed by atoms with van der Waals surface area (Å²) in [7, 11) is 0. The molecule has 0 radical (unpaired) electrons. The Morgan fingerprint density at radius 3 is 2.48 bits per heavy atom. The molecule has 1 heterocycles. The zero-order valence-electron chi connectivity index (χ0n) is 16.3. The molecule has 31 heavy (non-hydrogen) atoms. The molecule has 0 aliphatic carbocycles. The van der Waals surface area contributed by atoms with Gasteiger partial charge in [-0.15, -0.1) is 0 Å². The minimum Gasteiger partial charge on any atom is -0.422 e. The Morgan fingerprint density at radius 2 is 1.77 bits per heavy atom. The number of carbonyl (C=O) groups is 2. The summed E-state index contributed by atoms with van der Waals surface area (Å²) in [6.07, 6.45) is 1.52. The lowest BCUT2D eigenvalue weighted by atomic mass is 10.1. The fraction of sp³-hybridized carbons (Fsp3) is 0.0417. The third-order valence-electron chi connectivity index (χ3n) is 4.47. The number of esters is 2. The lowest BCUT2D eigenvalue weighted by Crippen LogP contribution is -2.09. The van der Waals surface area contributed by atoms with Gasteiger partial charge in [0.2, 0.25) is 5.90 Å². The molecule has 1 aliphatic rings. The van der Waals surface area contributed by atoms with E-state index in [1.165, 1.54) is 6.08 Å². The molecule has 3 aromatic carbocycles. The van der Waals surface area contributed by atoms with Gasteiger partial charge in [0, 0.05) is 20.6 Å². The Kier molecular flexibility index (Phi) is 6.02. The maximum Gasteiger partial charge on any atom is 0.363 e. The zero-order chi connectivity index (χ0) is 22.0. The van der Waals surface area contributed by atoms with Gasteiger partial charge in [0.15, 0.2) is 5.70 Å². The van der Waals surface area contributed by atoms with Gasteiger partial charge in [0.05, 0.1) is 5.56 Å². The van der Waals surface area contributed by atoms with Gasteiger partial charge in [-0.05, 0) is 67.6 Å². The van der Waals surface area contributed by atoms with E-state index in [1.807, 2.05) is 19.1 Å². The Labute approximate surface area is 192 Å². The number of hydrogen-bond acceptors (Lipinski definition) is 5. The monoisotopic (exact) mass is 495 g/mol. The van der Waals surface area contributed by atoms with E-state index in [0.29, 0.717) is 27.5 Å². The molecule has 0 spiro atoms. The van der Waals surface area contributed by atoms with Crippen molar-refractivity contribution in [2.24, 2.45) is 4.99 Å². The van der Waals surface area contributed by atoms with Gasteiger partial charge in [-0.3, -0.25) is 0 Å². The van der Waals surface area contributed by atoms with E-state index in [0.717, 1.165) is 10.0 Å². The van der Waals surface area contributed by atoms with Crippen LogP contribution < -0.4 is 4.74 Å². The first-order valence-electron chi connectivity index (χ1n) is 9.26. The number of cyclic esters (lactones) is 1. The van der Waals surface area contributed by atoms with E-state index in [-0.39, 0.29) is 11.6 Å². The van der Waals surface area contributed by atoms with Crippen LogP contribution in [0.5, 0.6) is 5.75 Å². The summed E-state index contributed by atoms with van der Waals surface area (Å²) in [6.45, 7) is 1.94. The number of benzene rings is 3. The average Bonchev–Trinajstić information content (AvgIpc) is 3.11. The number of aryl methyl sites for hydroxylation is 1. The molecule has 0 saturated carbocycles. The van der Waals surface area contributed by atoms with Crippen molar-refractivity contribution in [2.75, 3.05) is 0 Å². The molecule has 0 unspecified atom stereocenters. The second-order valence-corrected chi connectivity index (χ2v) is 8.13. The SMILES string of the molecule is Cc1ccc(C(=O)Oc2ccc(Br)cc2/C=C2/N=C(c3ccc(Cl)cc3)OC2=O)cc1. The molecule has 0 aromatic heterocycles. The predicted molar refractivity (Wildman–Crippen MR) is 122 cm³/mol. The van der Waals surface area contributed by atoms with Gasteiger partial charge in [0.25, 0.3) is 0 Å². The van der Waals surface area contributed by atoms with Crippen molar-refractivity contribution in [1.82, 2.24) is 0 Å². The first-order chi connectivity index (χ1) is 14.9. The minimum atomic E-state index is -0.597. The number of rotatable bonds is 4. The van der Waals surface area contributed by atoms with Crippen LogP contribution in [0.3, 0.4) is 0 Å². The number of nitrogens with zero attached hydrogens (tertiary/aromatic N) is 1. The normalized spacial score (nSPS) is 14.4. The Bertz CT molecular complexity index is 1230. The molecule has 4 rings (SSSR count). The smallest absolute Gasteiger partial charge is 0.363 e. The summed E-state index contributed by atoms with van der Waals surface area (Å²) in [5, 5.41) is 0.568. The molecule has 0 bridgehead atoms. The zero-order valence-corrected chi connectivity index (χ0v) is 18.6. The number of aliphatic imine (C=N–C) groups is 1. The topological polar surface area (TPSA) is 65.0 Å². The third-order valence-corrected chi connectivity index (χ3v) is 5.21. The highest BCUT2D eigenvalue weighted by molar-refractivity contribution is 9.10. The summed E-state index contributed by atoms with van der Waals surface area (Å²) in [5.41, 5.74) is 2.69. The van der Waals surface area contributed by atoms with Crippen LogP contribution in [-0.4, -0.2) is 17.8 Å². The maximum absolute atomic E-state index is 12.5. The Balaban J connectivity index is 1.64. The fourth-order valence-corrected chi connectivity index (χ4v) is 3.35. The van der Waals surface area contributed by atoms with Crippen molar-refractivity contribution < 1.29 is 19.1 Å². The molecule has 5 nitrogen and oxygen atoms in total. The highest BCUT2D eigenvalue weighted by Gasteiger charge is 2.25. The summed E-state index contributed by atoms with van der Waals surface area (Å²) in [6, 6.07) is 19.0. The van der Waals surface area contributed by atoms with Crippen LogP contribution in [0.4, 0.5) is 0 Å². The summed E-state index contributed by atoms with van der Waals surface area (Å²) >= 11 is 9.30. The van der Waals surface area contributed by atoms with E-state index in [1.54, 1.807) is 54.6 Å². The molecular formula is C24H15BrClNO4. The largest absolute Gasteiger partial charge is 0.422 e. The van der Waals surface area contributed by atoms with Crippen LogP contribution >= 0.6 is 27.5 Å². The molecule has 3 aromatic rings. The lowest BCUT2D eigenvalue weighted by Gasteiger charge is -2.08. The summed E-state index contributed by atoms with van der Waals surface area (Å²) in [5.74, 6) is -0.618. The third kappa shape index (κ3) is 4.93. The van der Waals surface area contributed by atoms with Gasteiger partial charge < -0.3 is 9.47 Å². The van der Waals surface area contributed by atoms with E-state index in [9.17, 15) is 9.59 Å². The van der Waals surface area contributed by atoms with Crippen LogP contribution in [0.1, 0.15) is 27.0 Å². The van der Waals surface area contributed by atoms with E-state index in [2.05, 4.69) is 20.9 Å². The Morgan fingerprint density at radius 1 is 1.06 bits per heavy atom. The van der Waals surface area contributed by atoms with Crippen LogP contribution in [0, 0.1) is 6.92 Å². The summed E-state index contributed by atoms with van der Waals surface area (Å²) in [4.78, 5) is 29.2. The number of halogens is 2. The second-order valence-electron chi connectivity index (χ2n) is 6.78. The lowest BCUT2D eigenvalue weighted by molar-refractivity contribution is -0.129. The van der Waals surface area contributed by atoms with Gasteiger partial charge >= 0.3 is 11.9 Å². The molecular weight excluding hydrogens is 482 g/mol. The van der Waals surface area contributed by atoms with Gasteiger partial charge in [-0.25, -0.2) is 14.6 Å². The molecule has 0 saturated heterocycles. The summed E-state index contributed by atoms with van der Waals surface area (Å²) < 4.78 is 11.6. The van der Waals surface area contributed by atoms with Crippen molar-refractivity contribution >= 4 is 51.4 Å². The molecule has 0 amide bonds. The molecule has 154 valence electrons. The first kappa shape index (κ1) is 21.0. The average molecular weight is 497 g/mol. The predicted octanol–water partition coefficient (Wildman–Crippen LogP) is 5.97. The van der Waals surface area contributed by atoms with Crippen LogP contribution in [0.25, 0.3) is 6.08 Å². The Hall–Kier alpha value is -3.22. The molecule has 0 fully saturated rings. The molecule has 7 heteroatoms. The number of hydrogen-bond donors (Lipinski definition) is 0. The van der Waals surface area contributed by atoms with E-state index >= 15 is 0 Å². The van der Waals surface area contributed by atoms with Crippen LogP contribution in [0.15, 0.2) is 81.9 Å². The maximum atomic E-state index is 12.5. The molecule has 0 N–H and O–H groups in total. The number of ether oxygens (including phenoxy) is 2.